The van der Waals surface area contributed by atoms with E-state index in [4.69, 9.17) is 0 Å². The molecule has 5 nitrogen and oxygen atoms in total. The van der Waals surface area contributed by atoms with Crippen LogP contribution in [0.25, 0.3) is 10.9 Å². The molecule has 2 aliphatic carbocycles. The highest BCUT2D eigenvalue weighted by molar-refractivity contribution is 5.95. The van der Waals surface area contributed by atoms with Crippen LogP contribution in [0.2, 0.25) is 0 Å². The van der Waals surface area contributed by atoms with Gasteiger partial charge in [0.1, 0.15) is 11.6 Å². The highest BCUT2D eigenvalue weighted by Crippen LogP contribution is 2.54. The number of nitriles is 1. The van der Waals surface area contributed by atoms with Gasteiger partial charge in [0.2, 0.25) is 0 Å². The molecular weight excluding hydrogens is 326 g/mol. The zero-order valence-electron chi connectivity index (χ0n) is 14.8. The van der Waals surface area contributed by atoms with E-state index in [0.29, 0.717) is 11.3 Å². The van der Waals surface area contributed by atoms with E-state index in [1.54, 1.807) is 0 Å². The number of pyridine rings is 1. The Hall–Kier alpha value is -2.32. The van der Waals surface area contributed by atoms with Crippen LogP contribution in [0, 0.1) is 22.7 Å². The number of benzene rings is 1. The van der Waals surface area contributed by atoms with E-state index in [9.17, 15) is 15.2 Å². The number of rotatable bonds is 3. The van der Waals surface area contributed by atoms with Crippen molar-refractivity contribution < 1.29 is 5.11 Å². The fraction of sp³-hybridized carbons (Fsp3) is 0.524. The lowest BCUT2D eigenvalue weighted by atomic mass is 9.92. The number of aliphatic hydroxyl groups excluding tert-OH is 1. The van der Waals surface area contributed by atoms with Crippen LogP contribution in [0.1, 0.15) is 55.8 Å². The topological polar surface area (TPSA) is 80.1 Å². The van der Waals surface area contributed by atoms with Gasteiger partial charge in [0.25, 0.3) is 5.56 Å². The lowest BCUT2D eigenvalue weighted by Crippen LogP contribution is -2.36. The third kappa shape index (κ3) is 2.52. The van der Waals surface area contributed by atoms with Crippen LogP contribution in [0.4, 0.5) is 5.69 Å². The summed E-state index contributed by atoms with van der Waals surface area (Å²) in [5.41, 5.74) is 2.79. The highest BCUT2D eigenvalue weighted by atomic mass is 16.3. The number of anilines is 1. The molecule has 2 aromatic rings. The summed E-state index contributed by atoms with van der Waals surface area (Å²) in [4.78, 5) is 17.5. The van der Waals surface area contributed by atoms with Crippen LogP contribution in [0.15, 0.2) is 23.0 Å². The minimum Gasteiger partial charge on any atom is -0.388 e. The third-order valence-corrected chi connectivity index (χ3v) is 6.63. The number of aromatic nitrogens is 1. The molecule has 1 saturated heterocycles. The van der Waals surface area contributed by atoms with Gasteiger partial charge < -0.3 is 15.0 Å². The SMILES string of the molecule is N#Cc1c(N2CCC3(CC2)CC3)c2cc([C@H](O)C3CC3)ccc2[nH]c1=O. The summed E-state index contributed by atoms with van der Waals surface area (Å²) in [6, 6.07) is 7.87. The summed E-state index contributed by atoms with van der Waals surface area (Å²) in [5.74, 6) is 0.346. The summed E-state index contributed by atoms with van der Waals surface area (Å²) in [7, 11) is 0. The van der Waals surface area contributed by atoms with Crippen LogP contribution in [0.5, 0.6) is 0 Å². The summed E-state index contributed by atoms with van der Waals surface area (Å²) in [6.45, 7) is 1.78. The predicted molar refractivity (Wildman–Crippen MR) is 100 cm³/mol. The molecule has 0 bridgehead atoms. The molecule has 0 unspecified atom stereocenters. The molecule has 1 aromatic carbocycles. The van der Waals surface area contributed by atoms with Crippen molar-refractivity contribution in [2.24, 2.45) is 11.3 Å². The van der Waals surface area contributed by atoms with Crippen molar-refractivity contribution >= 4 is 16.6 Å². The molecule has 2 saturated carbocycles. The first-order valence-electron chi connectivity index (χ1n) is 9.63. The molecule has 5 rings (SSSR count). The van der Waals surface area contributed by atoms with Crippen LogP contribution in [-0.4, -0.2) is 23.2 Å². The summed E-state index contributed by atoms with van der Waals surface area (Å²) in [6.07, 6.45) is 6.58. The van der Waals surface area contributed by atoms with Crippen molar-refractivity contribution in [3.8, 4) is 6.07 Å². The second-order valence-electron chi connectivity index (χ2n) is 8.36. The molecule has 5 heteroatoms. The third-order valence-electron chi connectivity index (χ3n) is 6.63. The molecule has 1 atom stereocenters. The number of nitrogens with one attached hydrogen (secondary N) is 1. The molecule has 1 aliphatic heterocycles. The average Bonchev–Trinajstić information content (AvgIpc) is 3.57. The van der Waals surface area contributed by atoms with Gasteiger partial charge in [-0.1, -0.05) is 6.07 Å². The minimum atomic E-state index is -0.458. The maximum absolute atomic E-state index is 12.5. The van der Waals surface area contributed by atoms with Crippen LogP contribution in [-0.2, 0) is 0 Å². The molecule has 3 aliphatic rings. The number of hydrogen-bond donors (Lipinski definition) is 2. The van der Waals surface area contributed by atoms with Crippen LogP contribution in [0.3, 0.4) is 0 Å². The first-order chi connectivity index (χ1) is 12.6. The van der Waals surface area contributed by atoms with E-state index >= 15 is 0 Å². The highest BCUT2D eigenvalue weighted by Gasteiger charge is 2.44. The van der Waals surface area contributed by atoms with E-state index in [-0.39, 0.29) is 11.1 Å². The van der Waals surface area contributed by atoms with Gasteiger partial charge in [-0.05, 0) is 67.6 Å². The maximum atomic E-state index is 12.5. The summed E-state index contributed by atoms with van der Waals surface area (Å²) < 4.78 is 0. The van der Waals surface area contributed by atoms with E-state index in [1.807, 2.05) is 18.2 Å². The van der Waals surface area contributed by atoms with Crippen molar-refractivity contribution in [1.82, 2.24) is 4.98 Å². The molecule has 2 heterocycles. The second kappa shape index (κ2) is 5.59. The monoisotopic (exact) mass is 349 g/mol. The Morgan fingerprint density at radius 1 is 1.23 bits per heavy atom. The molecule has 1 spiro atoms. The molecule has 134 valence electrons. The zero-order chi connectivity index (χ0) is 17.9. The molecule has 0 radical (unpaired) electrons. The number of aromatic amines is 1. The Kier molecular flexibility index (Phi) is 3.42. The second-order valence-corrected chi connectivity index (χ2v) is 8.36. The number of hydrogen-bond acceptors (Lipinski definition) is 4. The summed E-state index contributed by atoms with van der Waals surface area (Å²) >= 11 is 0. The van der Waals surface area contributed by atoms with Gasteiger partial charge in [0.15, 0.2) is 0 Å². The first-order valence-corrected chi connectivity index (χ1v) is 9.63. The Balaban J connectivity index is 1.63. The molecular formula is C21H23N3O2. The number of piperidine rings is 1. The lowest BCUT2D eigenvalue weighted by Gasteiger charge is -2.35. The van der Waals surface area contributed by atoms with Gasteiger partial charge in [0, 0.05) is 18.5 Å². The van der Waals surface area contributed by atoms with Gasteiger partial charge in [0.05, 0.1) is 17.3 Å². The van der Waals surface area contributed by atoms with E-state index in [1.165, 1.54) is 12.8 Å². The Morgan fingerprint density at radius 3 is 2.58 bits per heavy atom. The lowest BCUT2D eigenvalue weighted by molar-refractivity contribution is 0.154. The fourth-order valence-electron chi connectivity index (χ4n) is 4.48. The first kappa shape index (κ1) is 15.9. The van der Waals surface area contributed by atoms with Crippen molar-refractivity contribution in [2.45, 2.75) is 44.6 Å². The van der Waals surface area contributed by atoms with Crippen molar-refractivity contribution in [3.05, 3.63) is 39.7 Å². The van der Waals surface area contributed by atoms with Gasteiger partial charge in [-0.15, -0.1) is 0 Å². The van der Waals surface area contributed by atoms with Crippen molar-refractivity contribution in [1.29, 1.82) is 5.26 Å². The quantitative estimate of drug-likeness (QED) is 0.891. The van der Waals surface area contributed by atoms with Crippen LogP contribution < -0.4 is 10.5 Å². The smallest absolute Gasteiger partial charge is 0.268 e. The number of fused-ring (bicyclic) bond motifs is 1. The standard InChI is InChI=1S/C21H23N3O2/c22-12-16-18(24-9-7-21(5-6-21)8-10-24)15-11-14(19(25)13-1-2-13)3-4-17(15)23-20(16)26/h3-4,11,13,19,25H,1-2,5-10H2,(H,23,26)/t19-/m1/s1. The maximum Gasteiger partial charge on any atom is 0.268 e. The van der Waals surface area contributed by atoms with Gasteiger partial charge in [-0.2, -0.15) is 5.26 Å². The Bertz CT molecular complexity index is 969. The minimum absolute atomic E-state index is 0.197. The Morgan fingerprint density at radius 2 is 1.96 bits per heavy atom. The molecule has 1 aromatic heterocycles. The number of H-pyrrole nitrogens is 1. The van der Waals surface area contributed by atoms with E-state index < -0.39 is 6.10 Å². The molecule has 2 N–H and O–H groups in total. The van der Waals surface area contributed by atoms with E-state index in [2.05, 4.69) is 16.0 Å². The number of nitrogens with zero attached hydrogens (tertiary/aromatic N) is 2. The Labute approximate surface area is 152 Å². The predicted octanol–water partition coefficient (Wildman–Crippen LogP) is 3.22. The van der Waals surface area contributed by atoms with Crippen molar-refractivity contribution in [3.63, 3.8) is 0 Å². The van der Waals surface area contributed by atoms with Gasteiger partial charge in [-0.3, -0.25) is 4.79 Å². The largest absolute Gasteiger partial charge is 0.388 e. The van der Waals surface area contributed by atoms with Crippen LogP contribution >= 0.6 is 0 Å². The zero-order valence-corrected chi connectivity index (χ0v) is 14.8. The average molecular weight is 349 g/mol. The normalized spacial score (nSPS) is 22.4. The summed E-state index contributed by atoms with van der Waals surface area (Å²) in [5, 5.41) is 21.0. The number of aliphatic hydroxyl groups is 1. The molecule has 26 heavy (non-hydrogen) atoms. The van der Waals surface area contributed by atoms with Gasteiger partial charge >= 0.3 is 0 Å². The van der Waals surface area contributed by atoms with E-state index in [0.717, 1.165) is 60.9 Å². The molecule has 0 amide bonds. The fourth-order valence-corrected chi connectivity index (χ4v) is 4.48. The van der Waals surface area contributed by atoms with Gasteiger partial charge in [-0.25, -0.2) is 0 Å². The molecule has 3 fully saturated rings. The van der Waals surface area contributed by atoms with Crippen molar-refractivity contribution in [2.75, 3.05) is 18.0 Å².